The summed E-state index contributed by atoms with van der Waals surface area (Å²) in [7, 11) is 0. The van der Waals surface area contributed by atoms with Crippen LogP contribution in [-0.4, -0.2) is 16.5 Å². The van der Waals surface area contributed by atoms with Crippen molar-refractivity contribution in [1.82, 2.24) is 15.3 Å². The van der Waals surface area contributed by atoms with Crippen LogP contribution >= 0.6 is 0 Å². The van der Waals surface area contributed by atoms with E-state index < -0.39 is 0 Å². The Labute approximate surface area is 107 Å². The quantitative estimate of drug-likeness (QED) is 0.875. The standard InChI is InChI=1S/C15H17N3/c1-11-4-6-12(7-5-11)13-9-17-15(18-10-13)14-3-2-8-16-14/h4-7,9-10,14,16H,2-3,8H2,1H3. The molecule has 3 nitrogen and oxygen atoms in total. The van der Waals surface area contributed by atoms with Crippen LogP contribution in [0.4, 0.5) is 0 Å². The van der Waals surface area contributed by atoms with E-state index in [0.717, 1.165) is 24.4 Å². The van der Waals surface area contributed by atoms with Crippen molar-refractivity contribution < 1.29 is 0 Å². The molecule has 0 radical (unpaired) electrons. The van der Waals surface area contributed by atoms with Crippen molar-refractivity contribution in [3.63, 3.8) is 0 Å². The Balaban J connectivity index is 1.84. The molecule has 2 aromatic rings. The second kappa shape index (κ2) is 4.86. The van der Waals surface area contributed by atoms with Gasteiger partial charge in [-0.25, -0.2) is 9.97 Å². The number of aromatic nitrogens is 2. The number of nitrogens with zero attached hydrogens (tertiary/aromatic N) is 2. The summed E-state index contributed by atoms with van der Waals surface area (Å²) in [5.41, 5.74) is 3.52. The highest BCUT2D eigenvalue weighted by atomic mass is 15.0. The van der Waals surface area contributed by atoms with Crippen LogP contribution < -0.4 is 5.32 Å². The predicted octanol–water partition coefficient (Wildman–Crippen LogP) is 2.88. The number of benzene rings is 1. The van der Waals surface area contributed by atoms with E-state index in [-0.39, 0.29) is 0 Å². The maximum atomic E-state index is 4.49. The van der Waals surface area contributed by atoms with Crippen LogP contribution in [0.5, 0.6) is 0 Å². The molecule has 3 rings (SSSR count). The second-order valence-electron chi connectivity index (χ2n) is 4.84. The highest BCUT2D eigenvalue weighted by Crippen LogP contribution is 2.22. The van der Waals surface area contributed by atoms with E-state index >= 15 is 0 Å². The first-order valence-corrected chi connectivity index (χ1v) is 6.45. The highest BCUT2D eigenvalue weighted by Gasteiger charge is 2.18. The van der Waals surface area contributed by atoms with E-state index in [2.05, 4.69) is 46.5 Å². The maximum absolute atomic E-state index is 4.49. The normalized spacial score (nSPS) is 19.1. The molecule has 1 aliphatic rings. The van der Waals surface area contributed by atoms with E-state index in [9.17, 15) is 0 Å². The summed E-state index contributed by atoms with van der Waals surface area (Å²) < 4.78 is 0. The first-order valence-electron chi connectivity index (χ1n) is 6.45. The van der Waals surface area contributed by atoms with Gasteiger partial charge in [-0.3, -0.25) is 0 Å². The van der Waals surface area contributed by atoms with Crippen LogP contribution in [0.2, 0.25) is 0 Å². The van der Waals surface area contributed by atoms with Gasteiger partial charge in [-0.1, -0.05) is 29.8 Å². The minimum absolute atomic E-state index is 0.345. The van der Waals surface area contributed by atoms with Crippen LogP contribution in [0.1, 0.15) is 30.3 Å². The lowest BCUT2D eigenvalue weighted by atomic mass is 10.1. The number of hydrogen-bond donors (Lipinski definition) is 1. The smallest absolute Gasteiger partial charge is 0.145 e. The Morgan fingerprint density at radius 1 is 1.06 bits per heavy atom. The zero-order valence-corrected chi connectivity index (χ0v) is 10.6. The largest absolute Gasteiger partial charge is 0.307 e. The van der Waals surface area contributed by atoms with Gasteiger partial charge in [-0.2, -0.15) is 0 Å². The average Bonchev–Trinajstić information content (AvgIpc) is 2.94. The summed E-state index contributed by atoms with van der Waals surface area (Å²) in [6.07, 6.45) is 6.21. The summed E-state index contributed by atoms with van der Waals surface area (Å²) in [4.78, 5) is 8.97. The highest BCUT2D eigenvalue weighted by molar-refractivity contribution is 5.61. The van der Waals surface area contributed by atoms with E-state index in [0.29, 0.717) is 6.04 Å². The fraction of sp³-hybridized carbons (Fsp3) is 0.333. The van der Waals surface area contributed by atoms with Gasteiger partial charge in [-0.05, 0) is 31.9 Å². The van der Waals surface area contributed by atoms with Gasteiger partial charge in [-0.15, -0.1) is 0 Å². The van der Waals surface area contributed by atoms with Gasteiger partial charge in [0.1, 0.15) is 5.82 Å². The topological polar surface area (TPSA) is 37.8 Å². The van der Waals surface area contributed by atoms with E-state index in [1.54, 1.807) is 0 Å². The molecule has 0 saturated carbocycles. The molecule has 3 heteroatoms. The lowest BCUT2D eigenvalue weighted by Gasteiger charge is -2.09. The third-order valence-corrected chi connectivity index (χ3v) is 3.43. The zero-order valence-electron chi connectivity index (χ0n) is 10.6. The lowest BCUT2D eigenvalue weighted by molar-refractivity contribution is 0.605. The van der Waals surface area contributed by atoms with Gasteiger partial charge in [0.15, 0.2) is 0 Å². The van der Waals surface area contributed by atoms with Crippen LogP contribution in [0.15, 0.2) is 36.7 Å². The third-order valence-electron chi connectivity index (χ3n) is 3.43. The molecule has 1 unspecified atom stereocenters. The van der Waals surface area contributed by atoms with Crippen LogP contribution in [-0.2, 0) is 0 Å². The van der Waals surface area contributed by atoms with Crippen molar-refractivity contribution in [2.45, 2.75) is 25.8 Å². The number of rotatable bonds is 2. The molecular formula is C15H17N3. The fourth-order valence-electron chi connectivity index (χ4n) is 2.32. The van der Waals surface area contributed by atoms with E-state index in [1.807, 2.05) is 12.4 Å². The summed E-state index contributed by atoms with van der Waals surface area (Å²) in [6, 6.07) is 8.80. The Morgan fingerprint density at radius 3 is 2.39 bits per heavy atom. The number of aryl methyl sites for hydroxylation is 1. The molecule has 0 bridgehead atoms. The lowest BCUT2D eigenvalue weighted by Crippen LogP contribution is -2.15. The van der Waals surface area contributed by atoms with Gasteiger partial charge in [0.05, 0.1) is 6.04 Å². The molecule has 1 aliphatic heterocycles. The molecule has 92 valence electrons. The molecule has 18 heavy (non-hydrogen) atoms. The van der Waals surface area contributed by atoms with Crippen LogP contribution in [0.3, 0.4) is 0 Å². The molecule has 1 saturated heterocycles. The number of hydrogen-bond acceptors (Lipinski definition) is 3. The average molecular weight is 239 g/mol. The van der Waals surface area contributed by atoms with Crippen molar-refractivity contribution >= 4 is 0 Å². The molecule has 1 atom stereocenters. The fourth-order valence-corrected chi connectivity index (χ4v) is 2.32. The van der Waals surface area contributed by atoms with Crippen molar-refractivity contribution in [1.29, 1.82) is 0 Å². The molecule has 1 aromatic carbocycles. The van der Waals surface area contributed by atoms with Crippen molar-refractivity contribution in [3.8, 4) is 11.1 Å². The van der Waals surface area contributed by atoms with Gasteiger partial charge >= 0.3 is 0 Å². The van der Waals surface area contributed by atoms with E-state index in [1.165, 1.54) is 17.5 Å². The molecule has 1 fully saturated rings. The molecule has 0 spiro atoms. The van der Waals surface area contributed by atoms with E-state index in [4.69, 9.17) is 0 Å². The first kappa shape index (κ1) is 11.4. The molecule has 2 heterocycles. The Kier molecular flexibility index (Phi) is 3.07. The van der Waals surface area contributed by atoms with Gasteiger partial charge < -0.3 is 5.32 Å². The molecule has 1 aromatic heterocycles. The zero-order chi connectivity index (χ0) is 12.4. The van der Waals surface area contributed by atoms with Gasteiger partial charge in [0.25, 0.3) is 0 Å². The minimum atomic E-state index is 0.345. The van der Waals surface area contributed by atoms with Gasteiger partial charge in [0.2, 0.25) is 0 Å². The Hall–Kier alpha value is -1.74. The van der Waals surface area contributed by atoms with Crippen molar-refractivity contribution in [2.24, 2.45) is 0 Å². The van der Waals surface area contributed by atoms with Crippen LogP contribution in [0.25, 0.3) is 11.1 Å². The maximum Gasteiger partial charge on any atom is 0.145 e. The third kappa shape index (κ3) is 2.27. The Bertz CT molecular complexity index is 510. The molecule has 0 amide bonds. The van der Waals surface area contributed by atoms with Gasteiger partial charge in [0, 0.05) is 18.0 Å². The minimum Gasteiger partial charge on any atom is -0.307 e. The SMILES string of the molecule is Cc1ccc(-c2cnc(C3CCCN3)nc2)cc1. The summed E-state index contributed by atoms with van der Waals surface area (Å²) in [5, 5.41) is 3.41. The van der Waals surface area contributed by atoms with Crippen molar-refractivity contribution in [3.05, 3.63) is 48.0 Å². The molecule has 1 N–H and O–H groups in total. The molecular weight excluding hydrogens is 222 g/mol. The summed E-state index contributed by atoms with van der Waals surface area (Å²) in [5.74, 6) is 0.920. The first-order chi connectivity index (χ1) is 8.83. The predicted molar refractivity (Wildman–Crippen MR) is 72.2 cm³/mol. The summed E-state index contributed by atoms with van der Waals surface area (Å²) >= 11 is 0. The second-order valence-corrected chi connectivity index (χ2v) is 4.84. The summed E-state index contributed by atoms with van der Waals surface area (Å²) in [6.45, 7) is 3.17. The van der Waals surface area contributed by atoms with Crippen molar-refractivity contribution in [2.75, 3.05) is 6.54 Å². The van der Waals surface area contributed by atoms with Crippen LogP contribution in [0, 0.1) is 6.92 Å². The Morgan fingerprint density at radius 2 is 1.78 bits per heavy atom. The molecule has 0 aliphatic carbocycles. The monoisotopic (exact) mass is 239 g/mol. The number of nitrogens with one attached hydrogen (secondary N) is 1.